The highest BCUT2D eigenvalue weighted by molar-refractivity contribution is 5.78. The van der Waals surface area contributed by atoms with Crippen LogP contribution in [0, 0.1) is 5.82 Å². The summed E-state index contributed by atoms with van der Waals surface area (Å²) < 4.78 is 27.8. The Morgan fingerprint density at radius 3 is 2.64 bits per heavy atom. The van der Waals surface area contributed by atoms with Gasteiger partial charge in [0.25, 0.3) is 0 Å². The summed E-state index contributed by atoms with van der Waals surface area (Å²) >= 11 is 0. The molecule has 0 saturated carbocycles. The van der Waals surface area contributed by atoms with E-state index in [0.29, 0.717) is 35.9 Å². The van der Waals surface area contributed by atoms with Crippen molar-refractivity contribution in [1.82, 2.24) is 19.7 Å². The van der Waals surface area contributed by atoms with Crippen molar-refractivity contribution < 1.29 is 13.9 Å². The number of imidazole rings is 1. The van der Waals surface area contributed by atoms with Crippen molar-refractivity contribution in [2.45, 2.75) is 39.7 Å². The van der Waals surface area contributed by atoms with Crippen LogP contribution >= 0.6 is 0 Å². The summed E-state index contributed by atoms with van der Waals surface area (Å²) in [5, 5.41) is 4.47. The zero-order valence-corrected chi connectivity index (χ0v) is 20.6. The first kappa shape index (κ1) is 23.7. The molecule has 0 fully saturated rings. The Balaban J connectivity index is 1.31. The van der Waals surface area contributed by atoms with Gasteiger partial charge < -0.3 is 9.47 Å². The Bertz CT molecular complexity index is 1370. The number of aromatic nitrogens is 4. The minimum atomic E-state index is -0.347. The molecule has 0 N–H and O–H groups in total. The van der Waals surface area contributed by atoms with E-state index in [1.165, 1.54) is 24.5 Å². The monoisotopic (exact) mass is 484 g/mol. The molecule has 7 heteroatoms. The topological polar surface area (TPSA) is 62.1 Å². The third kappa shape index (κ3) is 5.30. The Morgan fingerprint density at radius 2 is 1.83 bits per heavy atom. The van der Waals surface area contributed by atoms with E-state index in [1.807, 2.05) is 18.3 Å². The first-order valence-corrected chi connectivity index (χ1v) is 12.3. The molecule has 3 aliphatic rings. The first-order chi connectivity index (χ1) is 17.6. The molecule has 0 radical (unpaired) electrons. The molecule has 0 unspecified atom stereocenters. The fraction of sp³-hybridized carbons (Fsp3) is 0.276. The van der Waals surface area contributed by atoms with Crippen LogP contribution in [0.2, 0.25) is 0 Å². The van der Waals surface area contributed by atoms with Crippen LogP contribution < -0.4 is 4.74 Å². The molecule has 0 aromatic heterocycles. The van der Waals surface area contributed by atoms with E-state index in [9.17, 15) is 4.39 Å². The zero-order chi connectivity index (χ0) is 24.9. The lowest BCUT2D eigenvalue weighted by Gasteiger charge is -2.20. The number of benzene rings is 2. The van der Waals surface area contributed by atoms with Gasteiger partial charge in [0.05, 0.1) is 31.1 Å². The highest BCUT2D eigenvalue weighted by atomic mass is 19.1. The van der Waals surface area contributed by atoms with Crippen molar-refractivity contribution in [2.75, 3.05) is 13.2 Å². The van der Waals surface area contributed by atoms with Crippen molar-refractivity contribution in [3.8, 4) is 28.5 Å². The minimum Gasteiger partial charge on any atom is -0.494 e. The van der Waals surface area contributed by atoms with Crippen molar-refractivity contribution in [3.05, 3.63) is 89.7 Å². The standard InChI is InChI=1S/C29H29FN4O2/c1-3-4-7-14-35-22-12-10-21(11-13-22)25-15-23(36-19-20(25)2)17-34-18-28-27(16-31-34)32-29(33-28)24-8-5-6-9-26(24)30/h5-6,8-13,15-16,18H,3-4,7,14,17,19H2,1-2H3. The molecule has 6 nitrogen and oxygen atoms in total. The van der Waals surface area contributed by atoms with Gasteiger partial charge in [-0.2, -0.15) is 5.10 Å². The van der Waals surface area contributed by atoms with Gasteiger partial charge >= 0.3 is 0 Å². The average molecular weight is 485 g/mol. The normalized spacial score (nSPS) is 13.6. The van der Waals surface area contributed by atoms with Gasteiger partial charge in [-0.15, -0.1) is 0 Å². The molecule has 3 aliphatic heterocycles. The molecule has 0 saturated heterocycles. The molecule has 0 bridgehead atoms. The third-order valence-electron chi connectivity index (χ3n) is 6.17. The largest absolute Gasteiger partial charge is 0.494 e. The van der Waals surface area contributed by atoms with Crippen molar-refractivity contribution >= 4 is 5.57 Å². The molecule has 3 heterocycles. The molecule has 36 heavy (non-hydrogen) atoms. The molecule has 2 aromatic rings. The molecular formula is C29H29FN4O2. The Hall–Kier alpha value is -4.00. The summed E-state index contributed by atoms with van der Waals surface area (Å²) in [6.07, 6.45) is 8.97. The van der Waals surface area contributed by atoms with Gasteiger partial charge in [0.15, 0.2) is 5.82 Å². The second-order valence-electron chi connectivity index (χ2n) is 8.94. The van der Waals surface area contributed by atoms with E-state index < -0.39 is 0 Å². The molecule has 0 aliphatic carbocycles. The number of allylic oxidation sites excluding steroid dienone is 3. The van der Waals surface area contributed by atoms with Crippen molar-refractivity contribution in [3.63, 3.8) is 0 Å². The van der Waals surface area contributed by atoms with Gasteiger partial charge in [-0.25, -0.2) is 14.4 Å². The van der Waals surface area contributed by atoms with Crippen LogP contribution in [-0.4, -0.2) is 33.0 Å². The molecule has 0 atom stereocenters. The van der Waals surface area contributed by atoms with Gasteiger partial charge in [0.2, 0.25) is 0 Å². The van der Waals surface area contributed by atoms with Crippen LogP contribution in [0.3, 0.4) is 0 Å². The number of hydrogen-bond acceptors (Lipinski definition) is 5. The number of unbranched alkanes of at least 4 members (excludes halogenated alkanes) is 2. The Morgan fingerprint density at radius 1 is 1.03 bits per heavy atom. The SMILES string of the molecule is CCCCCOc1ccc(C2=C(C)COC(Cn3cc4nc(-c5ccccc5F)nc-4cn3)=C2)cc1. The van der Waals surface area contributed by atoms with Gasteiger partial charge in [0, 0.05) is 0 Å². The molecule has 0 spiro atoms. The molecule has 2 aromatic carbocycles. The van der Waals surface area contributed by atoms with E-state index in [-0.39, 0.29) is 5.82 Å². The maximum atomic E-state index is 14.2. The number of hydrogen-bond donors (Lipinski definition) is 0. The average Bonchev–Trinajstić information content (AvgIpc) is 3.32. The number of rotatable bonds is 9. The number of ether oxygens (including phenoxy) is 2. The van der Waals surface area contributed by atoms with Gasteiger partial charge in [-0.05, 0) is 60.4 Å². The smallest absolute Gasteiger partial charge is 0.163 e. The van der Waals surface area contributed by atoms with E-state index in [4.69, 9.17) is 9.47 Å². The summed E-state index contributed by atoms with van der Waals surface area (Å²) in [7, 11) is 0. The Labute approximate surface area is 210 Å². The van der Waals surface area contributed by atoms with Gasteiger partial charge in [-0.3, -0.25) is 4.68 Å². The quantitative estimate of drug-likeness (QED) is 0.252. The van der Waals surface area contributed by atoms with E-state index in [1.54, 1.807) is 29.1 Å². The zero-order valence-electron chi connectivity index (χ0n) is 20.6. The predicted molar refractivity (Wildman–Crippen MR) is 138 cm³/mol. The predicted octanol–water partition coefficient (Wildman–Crippen LogP) is 6.54. The van der Waals surface area contributed by atoms with Gasteiger partial charge in [-0.1, -0.05) is 44.0 Å². The highest BCUT2D eigenvalue weighted by Gasteiger charge is 2.18. The summed E-state index contributed by atoms with van der Waals surface area (Å²) in [6.45, 7) is 5.99. The maximum Gasteiger partial charge on any atom is 0.163 e. The van der Waals surface area contributed by atoms with Crippen LogP contribution in [0.1, 0.15) is 38.7 Å². The second-order valence-corrected chi connectivity index (χ2v) is 8.94. The van der Waals surface area contributed by atoms with Crippen LogP contribution in [0.15, 0.2) is 78.3 Å². The van der Waals surface area contributed by atoms with Crippen molar-refractivity contribution in [1.29, 1.82) is 0 Å². The first-order valence-electron chi connectivity index (χ1n) is 12.3. The van der Waals surface area contributed by atoms with E-state index >= 15 is 0 Å². The fourth-order valence-electron chi connectivity index (χ4n) is 4.17. The summed E-state index contributed by atoms with van der Waals surface area (Å²) in [5.74, 6) is 1.71. The number of fused-ring (bicyclic) bond motifs is 1. The van der Waals surface area contributed by atoms with Crippen molar-refractivity contribution in [2.24, 2.45) is 0 Å². The second kappa shape index (κ2) is 10.7. The summed E-state index contributed by atoms with van der Waals surface area (Å²) in [4.78, 5) is 8.96. The lowest BCUT2D eigenvalue weighted by molar-refractivity contribution is 0.216. The number of nitrogens with zero attached hydrogens (tertiary/aromatic N) is 4. The van der Waals surface area contributed by atoms with Crippen LogP contribution in [0.4, 0.5) is 4.39 Å². The maximum absolute atomic E-state index is 14.2. The molecule has 0 amide bonds. The van der Waals surface area contributed by atoms with E-state index in [0.717, 1.165) is 35.7 Å². The third-order valence-corrected chi connectivity index (χ3v) is 6.17. The lowest BCUT2D eigenvalue weighted by atomic mass is 9.98. The minimum absolute atomic E-state index is 0.347. The van der Waals surface area contributed by atoms with Crippen LogP contribution in [0.25, 0.3) is 28.3 Å². The van der Waals surface area contributed by atoms with Crippen LogP contribution in [-0.2, 0) is 11.3 Å². The molecule has 184 valence electrons. The van der Waals surface area contributed by atoms with Gasteiger partial charge in [0.1, 0.15) is 35.3 Å². The summed E-state index contributed by atoms with van der Waals surface area (Å²) in [6, 6.07) is 14.7. The fourth-order valence-corrected chi connectivity index (χ4v) is 4.17. The van der Waals surface area contributed by atoms with Crippen LogP contribution in [0.5, 0.6) is 5.75 Å². The Kier molecular flexibility index (Phi) is 7.07. The molecular weight excluding hydrogens is 455 g/mol. The summed E-state index contributed by atoms with van der Waals surface area (Å²) in [5.41, 5.74) is 5.09. The number of halogens is 1. The highest BCUT2D eigenvalue weighted by Crippen LogP contribution is 2.29. The van der Waals surface area contributed by atoms with E-state index in [2.05, 4.69) is 47.1 Å². The lowest BCUT2D eigenvalue weighted by Crippen LogP contribution is -2.13. The molecule has 5 rings (SSSR count).